The molecule has 1 aromatic heterocycles. The number of thiazole rings is 1. The van der Waals surface area contributed by atoms with Crippen molar-refractivity contribution in [1.82, 2.24) is 9.88 Å². The third-order valence-electron chi connectivity index (χ3n) is 2.98. The molecule has 0 aliphatic carbocycles. The lowest BCUT2D eigenvalue weighted by molar-refractivity contribution is -0.137. The van der Waals surface area contributed by atoms with Crippen LogP contribution in [0.2, 0.25) is 0 Å². The number of hydrogen-bond donors (Lipinski definition) is 1. The van der Waals surface area contributed by atoms with Crippen LogP contribution >= 0.6 is 27.3 Å². The molecule has 1 amide bonds. The number of carbonyl (C=O) groups is 2. The first-order valence-corrected chi connectivity index (χ1v) is 8.17. The van der Waals surface area contributed by atoms with Crippen LogP contribution in [0, 0.1) is 13.8 Å². The molecule has 22 heavy (non-hydrogen) atoms. The van der Waals surface area contributed by atoms with Crippen molar-refractivity contribution >= 4 is 39.1 Å². The van der Waals surface area contributed by atoms with Gasteiger partial charge in [-0.25, -0.2) is 4.98 Å². The van der Waals surface area contributed by atoms with E-state index in [1.54, 1.807) is 0 Å². The van der Waals surface area contributed by atoms with Gasteiger partial charge in [0.25, 0.3) is 5.91 Å². The van der Waals surface area contributed by atoms with Gasteiger partial charge in [0.2, 0.25) is 0 Å². The topological polar surface area (TPSA) is 70.5 Å². The van der Waals surface area contributed by atoms with E-state index in [2.05, 4.69) is 20.9 Å². The standard InChI is InChI=1S/C15H15BrN2O3S/c1-9-14(17-10(2)22-9)15(21)18(8-13(19)20)7-11-4-3-5-12(16)6-11/h3-6H,7-8H2,1-2H3,(H,19,20). The lowest BCUT2D eigenvalue weighted by Crippen LogP contribution is -2.35. The Morgan fingerprint density at radius 2 is 2.09 bits per heavy atom. The first kappa shape index (κ1) is 16.6. The molecule has 7 heteroatoms. The van der Waals surface area contributed by atoms with Gasteiger partial charge < -0.3 is 10.0 Å². The normalized spacial score (nSPS) is 10.5. The predicted octanol–water partition coefficient (Wildman–Crippen LogP) is 3.25. The molecule has 0 saturated heterocycles. The number of carboxylic acids is 1. The smallest absolute Gasteiger partial charge is 0.323 e. The van der Waals surface area contributed by atoms with Crippen LogP contribution in [-0.4, -0.2) is 33.4 Å². The van der Waals surface area contributed by atoms with Gasteiger partial charge in [0.15, 0.2) is 0 Å². The molecule has 0 saturated carbocycles. The summed E-state index contributed by atoms with van der Waals surface area (Å²) in [6.45, 7) is 3.50. The number of amides is 1. The molecular weight excluding hydrogens is 368 g/mol. The molecular formula is C15H15BrN2O3S. The van der Waals surface area contributed by atoms with E-state index in [4.69, 9.17) is 5.11 Å². The van der Waals surface area contributed by atoms with E-state index in [1.807, 2.05) is 38.1 Å². The molecule has 0 aliphatic heterocycles. The Bertz CT molecular complexity index is 715. The average molecular weight is 383 g/mol. The third-order valence-corrected chi connectivity index (χ3v) is 4.36. The quantitative estimate of drug-likeness (QED) is 0.861. The number of aromatic nitrogens is 1. The van der Waals surface area contributed by atoms with Gasteiger partial charge in [-0.1, -0.05) is 28.1 Å². The van der Waals surface area contributed by atoms with E-state index in [0.717, 1.165) is 19.9 Å². The summed E-state index contributed by atoms with van der Waals surface area (Å²) in [6, 6.07) is 7.44. The highest BCUT2D eigenvalue weighted by molar-refractivity contribution is 9.10. The molecule has 0 bridgehead atoms. The number of carbonyl (C=O) groups excluding carboxylic acids is 1. The van der Waals surface area contributed by atoms with Crippen molar-refractivity contribution in [2.24, 2.45) is 0 Å². The third kappa shape index (κ3) is 4.14. The van der Waals surface area contributed by atoms with Crippen LogP contribution in [-0.2, 0) is 11.3 Å². The average Bonchev–Trinajstić information content (AvgIpc) is 2.75. The van der Waals surface area contributed by atoms with Crippen LogP contribution in [0.25, 0.3) is 0 Å². The minimum atomic E-state index is -1.05. The SMILES string of the molecule is Cc1nc(C(=O)N(CC(=O)O)Cc2cccc(Br)c2)c(C)s1. The largest absolute Gasteiger partial charge is 0.480 e. The fraction of sp³-hybridized carbons (Fsp3) is 0.267. The second-order valence-electron chi connectivity index (χ2n) is 4.82. The van der Waals surface area contributed by atoms with Gasteiger partial charge in [-0.3, -0.25) is 9.59 Å². The second-order valence-corrected chi connectivity index (χ2v) is 7.15. The van der Waals surface area contributed by atoms with Crippen molar-refractivity contribution in [1.29, 1.82) is 0 Å². The van der Waals surface area contributed by atoms with E-state index in [1.165, 1.54) is 16.2 Å². The minimum absolute atomic E-state index is 0.223. The van der Waals surface area contributed by atoms with Gasteiger partial charge in [0.1, 0.15) is 12.2 Å². The van der Waals surface area contributed by atoms with Crippen molar-refractivity contribution in [3.05, 3.63) is 49.9 Å². The van der Waals surface area contributed by atoms with E-state index in [0.29, 0.717) is 5.69 Å². The summed E-state index contributed by atoms with van der Waals surface area (Å²) in [5, 5.41) is 9.86. The summed E-state index contributed by atoms with van der Waals surface area (Å²) < 4.78 is 0.883. The van der Waals surface area contributed by atoms with Gasteiger partial charge in [0.05, 0.1) is 5.01 Å². The van der Waals surface area contributed by atoms with E-state index < -0.39 is 5.97 Å². The first-order valence-electron chi connectivity index (χ1n) is 6.56. The number of aryl methyl sites for hydroxylation is 2. The van der Waals surface area contributed by atoms with Crippen LogP contribution in [0.5, 0.6) is 0 Å². The summed E-state index contributed by atoms with van der Waals surface area (Å²) in [5.74, 6) is -1.41. The highest BCUT2D eigenvalue weighted by Gasteiger charge is 2.23. The van der Waals surface area contributed by atoms with E-state index >= 15 is 0 Å². The maximum Gasteiger partial charge on any atom is 0.323 e. The van der Waals surface area contributed by atoms with E-state index in [-0.39, 0.29) is 19.0 Å². The van der Waals surface area contributed by atoms with Gasteiger partial charge in [-0.2, -0.15) is 0 Å². The lowest BCUT2D eigenvalue weighted by Gasteiger charge is -2.20. The molecule has 0 unspecified atom stereocenters. The van der Waals surface area contributed by atoms with Crippen molar-refractivity contribution in [3.63, 3.8) is 0 Å². The van der Waals surface area contributed by atoms with Crippen LogP contribution in [0.3, 0.4) is 0 Å². The van der Waals surface area contributed by atoms with Gasteiger partial charge in [0, 0.05) is 15.9 Å². The Morgan fingerprint density at radius 3 is 2.64 bits per heavy atom. The molecule has 2 aromatic rings. The molecule has 0 aliphatic rings. The van der Waals surface area contributed by atoms with Crippen molar-refractivity contribution < 1.29 is 14.7 Å². The number of halogens is 1. The maximum absolute atomic E-state index is 12.6. The highest BCUT2D eigenvalue weighted by atomic mass is 79.9. The zero-order chi connectivity index (χ0) is 16.3. The summed E-state index contributed by atoms with van der Waals surface area (Å²) in [7, 11) is 0. The van der Waals surface area contributed by atoms with Crippen LogP contribution < -0.4 is 0 Å². The number of aliphatic carboxylic acids is 1. The Morgan fingerprint density at radius 1 is 1.36 bits per heavy atom. The van der Waals surface area contributed by atoms with Gasteiger partial charge in [-0.15, -0.1) is 11.3 Å². The Labute approximate surface area is 140 Å². The zero-order valence-electron chi connectivity index (χ0n) is 12.2. The number of hydrogen-bond acceptors (Lipinski definition) is 4. The fourth-order valence-corrected chi connectivity index (χ4v) is 3.35. The number of benzene rings is 1. The van der Waals surface area contributed by atoms with Crippen molar-refractivity contribution in [2.75, 3.05) is 6.54 Å². The molecule has 5 nitrogen and oxygen atoms in total. The maximum atomic E-state index is 12.6. The monoisotopic (exact) mass is 382 g/mol. The molecule has 116 valence electrons. The first-order chi connectivity index (χ1) is 10.4. The van der Waals surface area contributed by atoms with Gasteiger partial charge in [-0.05, 0) is 31.5 Å². The molecule has 1 N–H and O–H groups in total. The number of carboxylic acid groups (broad SMARTS) is 1. The molecule has 2 rings (SSSR count). The Balaban J connectivity index is 2.27. The van der Waals surface area contributed by atoms with Crippen molar-refractivity contribution in [2.45, 2.75) is 20.4 Å². The minimum Gasteiger partial charge on any atom is -0.480 e. The molecule has 0 atom stereocenters. The summed E-state index contributed by atoms with van der Waals surface area (Å²) in [6.07, 6.45) is 0. The Hall–Kier alpha value is -1.73. The summed E-state index contributed by atoms with van der Waals surface area (Å²) >= 11 is 4.80. The van der Waals surface area contributed by atoms with Crippen LogP contribution in [0.4, 0.5) is 0 Å². The number of nitrogens with zero attached hydrogens (tertiary/aromatic N) is 2. The lowest BCUT2D eigenvalue weighted by atomic mass is 10.2. The van der Waals surface area contributed by atoms with Crippen LogP contribution in [0.1, 0.15) is 25.9 Å². The van der Waals surface area contributed by atoms with Crippen molar-refractivity contribution in [3.8, 4) is 0 Å². The Kier molecular flexibility index (Phi) is 5.31. The number of rotatable bonds is 5. The molecule has 1 aromatic carbocycles. The van der Waals surface area contributed by atoms with Crippen LogP contribution in [0.15, 0.2) is 28.7 Å². The van der Waals surface area contributed by atoms with Gasteiger partial charge >= 0.3 is 5.97 Å². The molecule has 1 heterocycles. The summed E-state index contributed by atoms with van der Waals surface area (Å²) in [4.78, 5) is 30.0. The molecule has 0 radical (unpaired) electrons. The molecule has 0 spiro atoms. The fourth-order valence-electron chi connectivity index (χ4n) is 2.10. The predicted molar refractivity (Wildman–Crippen MR) is 88.1 cm³/mol. The molecule has 0 fully saturated rings. The zero-order valence-corrected chi connectivity index (χ0v) is 14.6. The summed E-state index contributed by atoms with van der Waals surface area (Å²) in [5.41, 5.74) is 1.19. The van der Waals surface area contributed by atoms with E-state index in [9.17, 15) is 9.59 Å². The second kappa shape index (κ2) is 7.02. The highest BCUT2D eigenvalue weighted by Crippen LogP contribution is 2.20.